The van der Waals surface area contributed by atoms with E-state index in [1.54, 1.807) is 0 Å². The van der Waals surface area contributed by atoms with Crippen molar-refractivity contribution in [3.63, 3.8) is 0 Å². The number of benzene rings is 2. The quantitative estimate of drug-likeness (QED) is 0.544. The average Bonchev–Trinajstić information content (AvgIpc) is 2.58. The monoisotopic (exact) mass is 364 g/mol. The highest BCUT2D eigenvalue weighted by molar-refractivity contribution is 5.76. The van der Waals surface area contributed by atoms with Gasteiger partial charge in [-0.05, 0) is 12.1 Å². The zero-order chi connectivity index (χ0) is 19.4. The van der Waals surface area contributed by atoms with E-state index in [9.17, 15) is 40.5 Å². The van der Waals surface area contributed by atoms with Gasteiger partial charge in [-0.3, -0.25) is 51.3 Å². The maximum atomic E-state index is 11.1. The van der Waals surface area contributed by atoms with Crippen molar-refractivity contribution in [3.05, 3.63) is 76.9 Å². The van der Waals surface area contributed by atoms with Crippen LogP contribution in [0.2, 0.25) is 0 Å². The van der Waals surface area contributed by atoms with Crippen molar-refractivity contribution in [2.24, 2.45) is 0 Å². The summed E-state index contributed by atoms with van der Waals surface area (Å²) in [6, 6.07) is 6.41. The second kappa shape index (κ2) is 7.04. The van der Waals surface area contributed by atoms with Crippen LogP contribution in [-0.2, 0) is 0 Å². The fourth-order valence-electron chi connectivity index (χ4n) is 2.08. The van der Waals surface area contributed by atoms with Crippen LogP contribution in [0.4, 0.5) is 34.1 Å². The number of nitrogens with zero attached hydrogens (tertiary/aromatic N) is 4. The van der Waals surface area contributed by atoms with Crippen LogP contribution in [-0.4, -0.2) is 19.7 Å². The minimum atomic E-state index is -0.996. The van der Waals surface area contributed by atoms with Gasteiger partial charge in [-0.2, -0.15) is 0 Å². The first-order valence-electron chi connectivity index (χ1n) is 6.59. The van der Waals surface area contributed by atoms with Crippen LogP contribution in [0.1, 0.15) is 0 Å². The van der Waals surface area contributed by atoms with Gasteiger partial charge in [0.2, 0.25) is 0 Å². The zero-order valence-electron chi connectivity index (χ0n) is 12.5. The van der Waals surface area contributed by atoms with Crippen LogP contribution in [0, 0.1) is 40.5 Å². The zero-order valence-corrected chi connectivity index (χ0v) is 12.5. The summed E-state index contributed by atoms with van der Waals surface area (Å²) in [4.78, 5) is 40.1. The number of para-hydroxylation sites is 2. The fourth-order valence-corrected chi connectivity index (χ4v) is 2.08. The van der Waals surface area contributed by atoms with Crippen LogP contribution in [0.3, 0.4) is 0 Å². The minimum absolute atomic E-state index is 0.356. The van der Waals surface area contributed by atoms with E-state index in [0.29, 0.717) is 0 Å². The molecule has 2 N–H and O–H groups in total. The van der Waals surface area contributed by atoms with Crippen molar-refractivity contribution in [3.8, 4) is 0 Å². The molecular weight excluding hydrogens is 356 g/mol. The lowest BCUT2D eigenvalue weighted by molar-refractivity contribution is -0.422. The number of nitrogens with one attached hydrogen (secondary N) is 2. The topological polar surface area (TPSA) is 197 Å². The molecule has 0 aliphatic carbocycles. The molecule has 0 aliphatic heterocycles. The van der Waals surface area contributed by atoms with E-state index in [-0.39, 0.29) is 11.4 Å². The number of hydrogen-bond donors (Lipinski definition) is 2. The molecule has 134 valence electrons. The Labute approximate surface area is 142 Å². The smallest absolute Gasteiger partial charge is 0.294 e. The van der Waals surface area contributed by atoms with Gasteiger partial charge < -0.3 is 0 Å². The number of nitro benzene ring substituents is 4. The molecular formula is C12H8N6O8. The van der Waals surface area contributed by atoms with Crippen molar-refractivity contribution < 1.29 is 19.7 Å². The average molecular weight is 364 g/mol. The Kier molecular flexibility index (Phi) is 4.87. The van der Waals surface area contributed by atoms with Gasteiger partial charge in [-0.15, -0.1) is 0 Å². The molecule has 0 aromatic heterocycles. The molecule has 0 radical (unpaired) electrons. The molecule has 2 rings (SSSR count). The molecule has 2 aromatic carbocycles. The third-order valence-corrected chi connectivity index (χ3v) is 3.12. The summed E-state index contributed by atoms with van der Waals surface area (Å²) in [5, 5.41) is 44.0. The van der Waals surface area contributed by atoms with Gasteiger partial charge >= 0.3 is 22.7 Å². The van der Waals surface area contributed by atoms with E-state index in [0.717, 1.165) is 36.4 Å². The molecule has 26 heavy (non-hydrogen) atoms. The highest BCUT2D eigenvalue weighted by Gasteiger charge is 2.30. The molecule has 14 nitrogen and oxygen atoms in total. The highest BCUT2D eigenvalue weighted by Crippen LogP contribution is 2.37. The van der Waals surface area contributed by atoms with Crippen molar-refractivity contribution in [1.29, 1.82) is 0 Å². The van der Waals surface area contributed by atoms with E-state index in [1.807, 2.05) is 0 Å². The lowest BCUT2D eigenvalue weighted by atomic mass is 10.2. The lowest BCUT2D eigenvalue weighted by Crippen LogP contribution is -2.13. The number of hydrazine groups is 1. The summed E-state index contributed by atoms with van der Waals surface area (Å²) in [6.07, 6.45) is 0. The Morgan fingerprint density at radius 3 is 1.19 bits per heavy atom. The third-order valence-electron chi connectivity index (χ3n) is 3.12. The fraction of sp³-hybridized carbons (Fsp3) is 0. The predicted octanol–water partition coefficient (Wildman–Crippen LogP) is 2.76. The molecule has 0 aliphatic rings. The summed E-state index contributed by atoms with van der Waals surface area (Å²) in [6.45, 7) is 0. The Morgan fingerprint density at radius 2 is 0.923 bits per heavy atom. The summed E-state index contributed by atoms with van der Waals surface area (Å²) >= 11 is 0. The molecule has 0 spiro atoms. The second-order valence-corrected chi connectivity index (χ2v) is 4.63. The van der Waals surface area contributed by atoms with Crippen molar-refractivity contribution in [2.75, 3.05) is 10.9 Å². The van der Waals surface area contributed by atoms with Crippen LogP contribution < -0.4 is 10.9 Å². The Bertz CT molecular complexity index is 854. The summed E-state index contributed by atoms with van der Waals surface area (Å²) < 4.78 is 0. The van der Waals surface area contributed by atoms with Gasteiger partial charge in [-0.25, -0.2) is 0 Å². The molecule has 0 heterocycles. The molecule has 0 saturated heterocycles. The number of nitro groups is 4. The summed E-state index contributed by atoms with van der Waals surface area (Å²) in [5.41, 5.74) is 0.430. The van der Waals surface area contributed by atoms with Gasteiger partial charge in [-0.1, -0.05) is 12.1 Å². The molecule has 14 heteroatoms. The second-order valence-electron chi connectivity index (χ2n) is 4.63. The Morgan fingerprint density at radius 1 is 0.577 bits per heavy atom. The number of rotatable bonds is 7. The van der Waals surface area contributed by atoms with Gasteiger partial charge in [0, 0.05) is 12.1 Å². The molecule has 0 unspecified atom stereocenters. The first-order valence-corrected chi connectivity index (χ1v) is 6.59. The van der Waals surface area contributed by atoms with Crippen LogP contribution in [0.15, 0.2) is 36.4 Å². The van der Waals surface area contributed by atoms with E-state index in [1.165, 1.54) is 0 Å². The van der Waals surface area contributed by atoms with E-state index >= 15 is 0 Å². The number of hydrogen-bond acceptors (Lipinski definition) is 10. The normalized spacial score (nSPS) is 10.0. The molecule has 0 amide bonds. The molecule has 0 atom stereocenters. The van der Waals surface area contributed by atoms with Crippen LogP contribution in [0.25, 0.3) is 0 Å². The SMILES string of the molecule is O=[N+]([O-])c1cccc(NNc2cccc([N+](=O)[O-])c2[N+](=O)[O-])c1[N+](=O)[O-]. The van der Waals surface area contributed by atoms with Gasteiger partial charge in [0.05, 0.1) is 19.7 Å². The Hall–Kier alpha value is -4.36. The van der Waals surface area contributed by atoms with Crippen molar-refractivity contribution in [2.45, 2.75) is 0 Å². The molecule has 0 saturated carbocycles. The number of anilines is 2. The van der Waals surface area contributed by atoms with Crippen molar-refractivity contribution in [1.82, 2.24) is 0 Å². The highest BCUT2D eigenvalue weighted by atomic mass is 16.6. The lowest BCUT2D eigenvalue weighted by Gasteiger charge is -2.10. The van der Waals surface area contributed by atoms with E-state index < -0.39 is 42.4 Å². The first kappa shape index (κ1) is 18.0. The van der Waals surface area contributed by atoms with Crippen LogP contribution >= 0.6 is 0 Å². The molecule has 2 aromatic rings. The van der Waals surface area contributed by atoms with Gasteiger partial charge in [0.15, 0.2) is 0 Å². The maximum Gasteiger partial charge on any atom is 0.370 e. The Balaban J connectivity index is 2.45. The first-order chi connectivity index (χ1) is 12.2. The van der Waals surface area contributed by atoms with Crippen LogP contribution in [0.5, 0.6) is 0 Å². The molecule has 0 fully saturated rings. The van der Waals surface area contributed by atoms with Gasteiger partial charge in [0.25, 0.3) is 0 Å². The summed E-state index contributed by atoms with van der Waals surface area (Å²) in [5.74, 6) is 0. The maximum absolute atomic E-state index is 11.1. The van der Waals surface area contributed by atoms with Gasteiger partial charge in [0.1, 0.15) is 11.4 Å². The standard InChI is InChI=1S/C12H8N6O8/c19-15(20)9-5-1-3-7(11(9)17(23)24)13-14-8-4-2-6-10(16(21)22)12(8)18(25)26/h1-6,13-14H. The predicted molar refractivity (Wildman–Crippen MR) is 86.7 cm³/mol. The third kappa shape index (κ3) is 3.42. The minimum Gasteiger partial charge on any atom is -0.294 e. The molecule has 0 bridgehead atoms. The summed E-state index contributed by atoms with van der Waals surface area (Å²) in [7, 11) is 0. The largest absolute Gasteiger partial charge is 0.370 e. The van der Waals surface area contributed by atoms with E-state index in [4.69, 9.17) is 0 Å². The van der Waals surface area contributed by atoms with E-state index in [2.05, 4.69) is 10.9 Å². The van der Waals surface area contributed by atoms with Crippen molar-refractivity contribution >= 4 is 34.1 Å².